The minimum Gasteiger partial charge on any atom is -0.338 e. The van der Waals surface area contributed by atoms with Crippen molar-refractivity contribution in [3.63, 3.8) is 0 Å². The smallest absolute Gasteiger partial charge is 0.227 e. The van der Waals surface area contributed by atoms with Gasteiger partial charge in [0.25, 0.3) is 0 Å². The van der Waals surface area contributed by atoms with E-state index in [1.807, 2.05) is 24.1 Å². The molecule has 0 aliphatic carbocycles. The van der Waals surface area contributed by atoms with Crippen molar-refractivity contribution in [2.45, 2.75) is 51.7 Å². The van der Waals surface area contributed by atoms with Crippen molar-refractivity contribution in [1.82, 2.24) is 19.6 Å². The average Bonchev–Trinajstić information content (AvgIpc) is 3.37. The summed E-state index contributed by atoms with van der Waals surface area (Å²) in [4.78, 5) is 18.4. The largest absolute Gasteiger partial charge is 0.338 e. The van der Waals surface area contributed by atoms with E-state index in [0.29, 0.717) is 30.5 Å². The molecule has 2 aliphatic rings. The molecule has 4 rings (SSSR count). The summed E-state index contributed by atoms with van der Waals surface area (Å²) in [6.07, 6.45) is 7.18. The normalized spacial score (nSPS) is 24.6. The molecule has 150 valence electrons. The Hall–Kier alpha value is -2.14. The first kappa shape index (κ1) is 19.2. The number of hydrogen-bond acceptors (Lipinski definition) is 3. The van der Waals surface area contributed by atoms with Crippen molar-refractivity contribution < 1.29 is 4.79 Å². The number of aromatic nitrogens is 2. The van der Waals surface area contributed by atoms with Crippen LogP contribution in [0.1, 0.15) is 50.3 Å². The molecule has 0 N–H and O–H groups in total. The van der Waals surface area contributed by atoms with Gasteiger partial charge in [-0.1, -0.05) is 44.2 Å². The van der Waals surface area contributed by atoms with Crippen molar-refractivity contribution in [2.75, 3.05) is 13.1 Å². The number of carbonyl (C=O) groups excluding carboxylic acids is 1. The lowest BCUT2D eigenvalue weighted by atomic mass is 9.92. The zero-order chi connectivity index (χ0) is 19.7. The summed E-state index contributed by atoms with van der Waals surface area (Å²) in [5, 5.41) is 4.28. The van der Waals surface area contributed by atoms with Crippen molar-refractivity contribution in [3.8, 4) is 0 Å². The molecule has 1 aromatic carbocycles. The molecule has 5 nitrogen and oxygen atoms in total. The average molecular weight is 381 g/mol. The third-order valence-corrected chi connectivity index (χ3v) is 6.21. The number of fused-ring (bicyclic) bond motifs is 1. The Labute approximate surface area is 168 Å². The Morgan fingerprint density at radius 1 is 1.29 bits per heavy atom. The highest BCUT2D eigenvalue weighted by Crippen LogP contribution is 2.45. The molecule has 0 bridgehead atoms. The molecule has 3 atom stereocenters. The van der Waals surface area contributed by atoms with Crippen LogP contribution in [0, 0.1) is 11.8 Å². The third kappa shape index (κ3) is 3.86. The van der Waals surface area contributed by atoms with E-state index in [1.54, 1.807) is 0 Å². The summed E-state index contributed by atoms with van der Waals surface area (Å²) in [7, 11) is 1.93. The van der Waals surface area contributed by atoms with Crippen molar-refractivity contribution >= 4 is 5.91 Å². The van der Waals surface area contributed by atoms with Gasteiger partial charge in [-0.05, 0) is 37.3 Å². The van der Waals surface area contributed by atoms with Crippen LogP contribution in [-0.4, -0.2) is 44.6 Å². The van der Waals surface area contributed by atoms with E-state index in [0.717, 1.165) is 31.5 Å². The lowest BCUT2D eigenvalue weighted by molar-refractivity contribution is -0.137. The van der Waals surface area contributed by atoms with Crippen LogP contribution in [-0.2, 0) is 18.4 Å². The Morgan fingerprint density at radius 3 is 2.75 bits per heavy atom. The number of nitrogens with zero attached hydrogens (tertiary/aromatic N) is 4. The van der Waals surface area contributed by atoms with Crippen LogP contribution in [0.4, 0.5) is 0 Å². The van der Waals surface area contributed by atoms with Gasteiger partial charge in [0, 0.05) is 44.0 Å². The molecule has 0 radical (unpaired) electrons. The second kappa shape index (κ2) is 8.08. The molecule has 1 amide bonds. The molecule has 0 saturated carbocycles. The van der Waals surface area contributed by atoms with E-state index in [1.165, 1.54) is 12.0 Å². The second-order valence-electron chi connectivity index (χ2n) is 8.85. The maximum atomic E-state index is 13.7. The van der Waals surface area contributed by atoms with Crippen LogP contribution in [0.3, 0.4) is 0 Å². The van der Waals surface area contributed by atoms with Crippen LogP contribution in [0.5, 0.6) is 0 Å². The zero-order valence-corrected chi connectivity index (χ0v) is 17.3. The van der Waals surface area contributed by atoms with Gasteiger partial charge in [-0.25, -0.2) is 0 Å². The fourth-order valence-corrected chi connectivity index (χ4v) is 5.12. The van der Waals surface area contributed by atoms with Crippen LogP contribution in [0.15, 0.2) is 42.7 Å². The molecular weight excluding hydrogens is 348 g/mol. The molecule has 28 heavy (non-hydrogen) atoms. The predicted molar refractivity (Wildman–Crippen MR) is 110 cm³/mol. The van der Waals surface area contributed by atoms with Crippen molar-refractivity contribution in [2.24, 2.45) is 18.9 Å². The van der Waals surface area contributed by atoms with E-state index in [4.69, 9.17) is 0 Å². The maximum absolute atomic E-state index is 13.7. The lowest BCUT2D eigenvalue weighted by Crippen LogP contribution is -2.41. The van der Waals surface area contributed by atoms with E-state index in [9.17, 15) is 4.79 Å². The molecule has 0 unspecified atom stereocenters. The van der Waals surface area contributed by atoms with Gasteiger partial charge in [0.15, 0.2) is 0 Å². The molecular formula is C23H32N4O. The lowest BCUT2D eigenvalue weighted by Gasteiger charge is -2.29. The van der Waals surface area contributed by atoms with Gasteiger partial charge in [0.05, 0.1) is 12.1 Å². The Bertz CT molecular complexity index is 800. The van der Waals surface area contributed by atoms with Gasteiger partial charge < -0.3 is 4.90 Å². The van der Waals surface area contributed by atoms with Gasteiger partial charge in [-0.2, -0.15) is 5.10 Å². The Kier molecular flexibility index (Phi) is 5.54. The fraction of sp³-hybridized carbons (Fsp3) is 0.565. The topological polar surface area (TPSA) is 41.4 Å². The van der Waals surface area contributed by atoms with Gasteiger partial charge in [-0.15, -0.1) is 0 Å². The van der Waals surface area contributed by atoms with Gasteiger partial charge in [-0.3, -0.25) is 14.4 Å². The van der Waals surface area contributed by atoms with E-state index < -0.39 is 0 Å². The molecule has 2 aromatic rings. The highest BCUT2D eigenvalue weighted by atomic mass is 16.2. The summed E-state index contributed by atoms with van der Waals surface area (Å²) in [6, 6.07) is 11.5. The van der Waals surface area contributed by atoms with Crippen LogP contribution < -0.4 is 0 Å². The molecule has 1 aromatic heterocycles. The number of hydrogen-bond donors (Lipinski definition) is 0. The monoisotopic (exact) mass is 380 g/mol. The Balaban J connectivity index is 1.55. The highest BCUT2D eigenvalue weighted by molar-refractivity contribution is 5.80. The third-order valence-electron chi connectivity index (χ3n) is 6.21. The second-order valence-corrected chi connectivity index (χ2v) is 8.85. The number of benzene rings is 1. The molecule has 5 heteroatoms. The maximum Gasteiger partial charge on any atom is 0.227 e. The molecule has 0 spiro atoms. The predicted octanol–water partition coefficient (Wildman–Crippen LogP) is 3.63. The zero-order valence-electron chi connectivity index (χ0n) is 17.3. The van der Waals surface area contributed by atoms with E-state index in [-0.39, 0.29) is 5.92 Å². The summed E-state index contributed by atoms with van der Waals surface area (Å²) < 4.78 is 1.81. The van der Waals surface area contributed by atoms with E-state index >= 15 is 0 Å². The van der Waals surface area contributed by atoms with Gasteiger partial charge >= 0.3 is 0 Å². The minimum atomic E-state index is 0.100. The number of carbonyl (C=O) groups is 1. The van der Waals surface area contributed by atoms with E-state index in [2.05, 4.69) is 59.1 Å². The fourth-order valence-electron chi connectivity index (χ4n) is 5.12. The Morgan fingerprint density at radius 2 is 2.07 bits per heavy atom. The van der Waals surface area contributed by atoms with Crippen LogP contribution in [0.25, 0.3) is 0 Å². The molecule has 2 saturated heterocycles. The highest BCUT2D eigenvalue weighted by Gasteiger charge is 2.48. The van der Waals surface area contributed by atoms with Gasteiger partial charge in [0.1, 0.15) is 0 Å². The molecule has 2 aliphatic heterocycles. The standard InChI is InChI=1S/C23H32N4O/c1-17(2)14-26(16-18-13-24-25(3)15-18)23(28)20-12-22(19-8-5-4-6-9-19)27-11-7-10-21(20)27/h4-6,8-9,13,15,17,20-22H,7,10-12,14,16H2,1-3H3/t20-,21+,22-/m0/s1. The summed E-state index contributed by atoms with van der Waals surface area (Å²) in [5.41, 5.74) is 2.46. The number of amides is 1. The minimum absolute atomic E-state index is 0.100. The summed E-state index contributed by atoms with van der Waals surface area (Å²) >= 11 is 0. The quantitative estimate of drug-likeness (QED) is 0.768. The number of rotatable bonds is 6. The van der Waals surface area contributed by atoms with Crippen molar-refractivity contribution in [1.29, 1.82) is 0 Å². The van der Waals surface area contributed by atoms with Crippen LogP contribution in [0.2, 0.25) is 0 Å². The van der Waals surface area contributed by atoms with Crippen LogP contribution >= 0.6 is 0 Å². The molecule has 3 heterocycles. The first-order chi connectivity index (χ1) is 13.5. The summed E-state index contributed by atoms with van der Waals surface area (Å²) in [6.45, 7) is 6.94. The SMILES string of the molecule is CC(C)CN(Cc1cnn(C)c1)C(=O)[C@H]1C[C@@H](c2ccccc2)N2CCC[C@H]12. The summed E-state index contributed by atoms with van der Waals surface area (Å²) in [5.74, 6) is 0.877. The van der Waals surface area contributed by atoms with Crippen molar-refractivity contribution in [3.05, 3.63) is 53.9 Å². The first-order valence-electron chi connectivity index (χ1n) is 10.6. The number of aryl methyl sites for hydroxylation is 1. The molecule has 2 fully saturated rings. The van der Waals surface area contributed by atoms with Gasteiger partial charge in [0.2, 0.25) is 5.91 Å². The first-order valence-corrected chi connectivity index (χ1v) is 10.6.